The van der Waals surface area contributed by atoms with E-state index in [0.717, 1.165) is 4.90 Å². The molecule has 0 radical (unpaired) electrons. The van der Waals surface area contributed by atoms with Crippen LogP contribution in [-0.4, -0.2) is 28.9 Å². The number of hydrogen-bond donors (Lipinski definition) is 2. The molecule has 0 aromatic heterocycles. The predicted octanol–water partition coefficient (Wildman–Crippen LogP) is 2.19. The number of aliphatic hydroxyl groups is 1. The highest BCUT2D eigenvalue weighted by Gasteiger charge is 2.21. The number of nitrogens with one attached hydrogen (secondary N) is 1. The van der Waals surface area contributed by atoms with Crippen LogP contribution < -0.4 is 5.32 Å². The Morgan fingerprint density at radius 1 is 1.47 bits per heavy atom. The molecule has 0 saturated heterocycles. The standard InChI is InChI=1S/C14H18N2O2S/c1-14(2,7-9-17)16-13(18)11-5-3-4-6-12(11)19-10-8-15/h3-6,17H,7,9-10H2,1-2H3,(H,16,18). The average Bonchev–Trinajstić information content (AvgIpc) is 2.36. The van der Waals surface area contributed by atoms with Crippen LogP contribution in [0.1, 0.15) is 30.6 Å². The summed E-state index contributed by atoms with van der Waals surface area (Å²) in [6, 6.07) is 9.26. The summed E-state index contributed by atoms with van der Waals surface area (Å²) >= 11 is 1.34. The largest absolute Gasteiger partial charge is 0.396 e. The lowest BCUT2D eigenvalue weighted by atomic mass is 10.0. The minimum Gasteiger partial charge on any atom is -0.396 e. The molecule has 1 amide bonds. The summed E-state index contributed by atoms with van der Waals surface area (Å²) in [6.07, 6.45) is 0.492. The molecule has 19 heavy (non-hydrogen) atoms. The lowest BCUT2D eigenvalue weighted by Gasteiger charge is -2.25. The molecule has 2 N–H and O–H groups in total. The summed E-state index contributed by atoms with van der Waals surface area (Å²) in [5.41, 5.74) is 0.104. The molecule has 1 aromatic rings. The second-order valence-corrected chi connectivity index (χ2v) is 5.77. The van der Waals surface area contributed by atoms with Crippen molar-refractivity contribution in [3.05, 3.63) is 29.8 Å². The van der Waals surface area contributed by atoms with E-state index in [-0.39, 0.29) is 12.5 Å². The van der Waals surface area contributed by atoms with Crippen molar-refractivity contribution in [3.63, 3.8) is 0 Å². The number of amides is 1. The van der Waals surface area contributed by atoms with Gasteiger partial charge in [-0.1, -0.05) is 12.1 Å². The van der Waals surface area contributed by atoms with E-state index in [9.17, 15) is 4.79 Å². The summed E-state index contributed by atoms with van der Waals surface area (Å²) < 4.78 is 0. The molecule has 0 heterocycles. The lowest BCUT2D eigenvalue weighted by Crippen LogP contribution is -2.44. The Labute approximate surface area is 117 Å². The highest BCUT2D eigenvalue weighted by Crippen LogP contribution is 2.23. The van der Waals surface area contributed by atoms with Crippen molar-refractivity contribution in [2.75, 3.05) is 12.4 Å². The van der Waals surface area contributed by atoms with Crippen molar-refractivity contribution in [1.82, 2.24) is 5.32 Å². The molecule has 0 spiro atoms. The van der Waals surface area contributed by atoms with E-state index in [2.05, 4.69) is 5.32 Å². The van der Waals surface area contributed by atoms with Gasteiger partial charge in [-0.2, -0.15) is 5.26 Å². The lowest BCUT2D eigenvalue weighted by molar-refractivity contribution is 0.0896. The molecule has 0 atom stereocenters. The maximum absolute atomic E-state index is 12.2. The third-order valence-electron chi connectivity index (χ3n) is 2.61. The Kier molecular flexibility index (Phi) is 5.87. The summed E-state index contributed by atoms with van der Waals surface area (Å²) in [4.78, 5) is 13.0. The number of aliphatic hydroxyl groups excluding tert-OH is 1. The summed E-state index contributed by atoms with van der Waals surface area (Å²) in [5.74, 6) is 0.129. The maximum Gasteiger partial charge on any atom is 0.252 e. The Morgan fingerprint density at radius 3 is 2.79 bits per heavy atom. The van der Waals surface area contributed by atoms with Crippen LogP contribution in [0, 0.1) is 11.3 Å². The Morgan fingerprint density at radius 2 is 2.16 bits per heavy atom. The SMILES string of the molecule is CC(C)(CCO)NC(=O)c1ccccc1SCC#N. The molecule has 0 unspecified atom stereocenters. The number of carbonyl (C=O) groups excluding carboxylic acids is 1. The number of nitrogens with zero attached hydrogens (tertiary/aromatic N) is 1. The van der Waals surface area contributed by atoms with Gasteiger partial charge in [-0.25, -0.2) is 0 Å². The van der Waals surface area contributed by atoms with Crippen molar-refractivity contribution in [2.24, 2.45) is 0 Å². The molecule has 5 heteroatoms. The minimum absolute atomic E-state index is 0.0259. The van der Waals surface area contributed by atoms with Gasteiger partial charge in [-0.3, -0.25) is 4.79 Å². The number of hydrogen-bond acceptors (Lipinski definition) is 4. The highest BCUT2D eigenvalue weighted by atomic mass is 32.2. The molecular formula is C14H18N2O2S. The normalized spacial score (nSPS) is 10.8. The van der Waals surface area contributed by atoms with Gasteiger partial charge in [0.15, 0.2) is 0 Å². The zero-order chi connectivity index (χ0) is 14.3. The first-order valence-corrected chi connectivity index (χ1v) is 7.01. The van der Waals surface area contributed by atoms with Crippen LogP contribution in [0.3, 0.4) is 0 Å². The van der Waals surface area contributed by atoms with E-state index in [1.807, 2.05) is 32.0 Å². The van der Waals surface area contributed by atoms with Gasteiger partial charge in [0.1, 0.15) is 0 Å². The van der Waals surface area contributed by atoms with Gasteiger partial charge in [-0.05, 0) is 32.4 Å². The molecular weight excluding hydrogens is 260 g/mol. The second kappa shape index (κ2) is 7.17. The van der Waals surface area contributed by atoms with Gasteiger partial charge in [-0.15, -0.1) is 11.8 Å². The number of carbonyl (C=O) groups is 1. The van der Waals surface area contributed by atoms with E-state index < -0.39 is 5.54 Å². The van der Waals surface area contributed by atoms with Crippen LogP contribution in [0.2, 0.25) is 0 Å². The monoisotopic (exact) mass is 278 g/mol. The van der Waals surface area contributed by atoms with Crippen molar-refractivity contribution < 1.29 is 9.90 Å². The maximum atomic E-state index is 12.2. The molecule has 0 fully saturated rings. The minimum atomic E-state index is -0.459. The van der Waals surface area contributed by atoms with Gasteiger partial charge in [0.2, 0.25) is 0 Å². The fraction of sp³-hybridized carbons (Fsp3) is 0.429. The molecule has 102 valence electrons. The van der Waals surface area contributed by atoms with E-state index >= 15 is 0 Å². The van der Waals surface area contributed by atoms with Crippen LogP contribution >= 0.6 is 11.8 Å². The van der Waals surface area contributed by atoms with Crippen LogP contribution in [0.15, 0.2) is 29.2 Å². The van der Waals surface area contributed by atoms with Crippen LogP contribution in [0.25, 0.3) is 0 Å². The summed E-state index contributed by atoms with van der Waals surface area (Å²) in [5, 5.41) is 20.5. The topological polar surface area (TPSA) is 73.1 Å². The molecule has 1 aromatic carbocycles. The fourth-order valence-corrected chi connectivity index (χ4v) is 2.32. The second-order valence-electron chi connectivity index (χ2n) is 4.75. The quantitative estimate of drug-likeness (QED) is 0.782. The number of thioether (sulfide) groups is 1. The van der Waals surface area contributed by atoms with Crippen LogP contribution in [0.5, 0.6) is 0 Å². The van der Waals surface area contributed by atoms with Gasteiger partial charge in [0.25, 0.3) is 5.91 Å². The van der Waals surface area contributed by atoms with E-state index in [0.29, 0.717) is 17.7 Å². The van der Waals surface area contributed by atoms with Crippen molar-refractivity contribution in [2.45, 2.75) is 30.7 Å². The van der Waals surface area contributed by atoms with Crippen LogP contribution in [0.4, 0.5) is 0 Å². The molecule has 0 aliphatic heterocycles. The smallest absolute Gasteiger partial charge is 0.252 e. The first-order valence-electron chi connectivity index (χ1n) is 6.02. The van der Waals surface area contributed by atoms with E-state index in [1.54, 1.807) is 12.1 Å². The van der Waals surface area contributed by atoms with Gasteiger partial charge in [0, 0.05) is 17.0 Å². The van der Waals surface area contributed by atoms with E-state index in [4.69, 9.17) is 10.4 Å². The summed E-state index contributed by atoms with van der Waals surface area (Å²) in [6.45, 7) is 3.76. The predicted molar refractivity (Wildman–Crippen MR) is 76.0 cm³/mol. The molecule has 0 saturated carbocycles. The summed E-state index contributed by atoms with van der Waals surface area (Å²) in [7, 11) is 0. The van der Waals surface area contributed by atoms with Crippen molar-refractivity contribution in [3.8, 4) is 6.07 Å². The van der Waals surface area contributed by atoms with E-state index in [1.165, 1.54) is 11.8 Å². The Hall–Kier alpha value is -1.51. The third-order valence-corrected chi connectivity index (χ3v) is 3.55. The van der Waals surface area contributed by atoms with Gasteiger partial charge in [0.05, 0.1) is 17.4 Å². The van der Waals surface area contributed by atoms with Gasteiger partial charge < -0.3 is 10.4 Å². The van der Waals surface area contributed by atoms with Crippen LogP contribution in [-0.2, 0) is 0 Å². The highest BCUT2D eigenvalue weighted by molar-refractivity contribution is 7.99. The Balaban J connectivity index is 2.85. The fourth-order valence-electron chi connectivity index (χ4n) is 1.61. The Bertz CT molecular complexity index is 481. The zero-order valence-corrected chi connectivity index (χ0v) is 12.0. The van der Waals surface area contributed by atoms with Crippen molar-refractivity contribution in [1.29, 1.82) is 5.26 Å². The molecule has 4 nitrogen and oxygen atoms in total. The number of benzene rings is 1. The molecule has 1 rings (SSSR count). The third kappa shape index (κ3) is 4.93. The number of nitriles is 1. The van der Waals surface area contributed by atoms with Crippen molar-refractivity contribution >= 4 is 17.7 Å². The first kappa shape index (κ1) is 15.5. The average molecular weight is 278 g/mol. The number of rotatable bonds is 6. The molecule has 0 bridgehead atoms. The zero-order valence-electron chi connectivity index (χ0n) is 11.1. The molecule has 0 aliphatic carbocycles. The van der Waals surface area contributed by atoms with Gasteiger partial charge >= 0.3 is 0 Å². The molecule has 0 aliphatic rings. The first-order chi connectivity index (χ1) is 9.00.